The fourth-order valence-corrected chi connectivity index (χ4v) is 5.25. The lowest BCUT2D eigenvalue weighted by Crippen LogP contribution is -2.36. The fraction of sp³-hybridized carbons (Fsp3) is 0.259. The monoisotopic (exact) mass is 586 g/mol. The summed E-state index contributed by atoms with van der Waals surface area (Å²) < 4.78 is 39.2. The van der Waals surface area contributed by atoms with Gasteiger partial charge in [-0.1, -0.05) is 58.4 Å². The van der Waals surface area contributed by atoms with Crippen molar-refractivity contribution < 1.29 is 27.5 Å². The maximum Gasteiger partial charge on any atom is 0.410 e. The van der Waals surface area contributed by atoms with Crippen LogP contribution in [-0.4, -0.2) is 51.6 Å². The van der Waals surface area contributed by atoms with Crippen LogP contribution in [0, 0.1) is 5.92 Å². The van der Waals surface area contributed by atoms with Crippen molar-refractivity contribution in [1.82, 2.24) is 9.62 Å². The average molecular weight is 587 g/mol. The predicted molar refractivity (Wildman–Crippen MR) is 141 cm³/mol. The number of carbonyl (C=O) groups is 2. The third-order valence-corrected chi connectivity index (χ3v) is 7.74. The Morgan fingerprint density at radius 2 is 1.73 bits per heavy atom. The first-order valence-corrected chi connectivity index (χ1v) is 14.0. The first-order chi connectivity index (χ1) is 17.8. The lowest BCUT2D eigenvalue weighted by atomic mass is 9.98. The fourth-order valence-electron chi connectivity index (χ4n) is 4.01. The summed E-state index contributed by atoms with van der Waals surface area (Å²) in [6.07, 6.45) is 0.147. The Bertz CT molecular complexity index is 1330. The molecule has 3 aromatic rings. The minimum atomic E-state index is -4.01. The molecule has 10 heteroatoms. The van der Waals surface area contributed by atoms with Crippen LogP contribution in [0.25, 0.3) is 0 Å². The molecule has 1 unspecified atom stereocenters. The normalized spacial score (nSPS) is 16.0. The van der Waals surface area contributed by atoms with Gasteiger partial charge in [0.15, 0.2) is 0 Å². The van der Waals surface area contributed by atoms with Gasteiger partial charge in [-0.05, 0) is 53.9 Å². The number of benzene rings is 3. The molecule has 1 saturated heterocycles. The number of hydrogen-bond donors (Lipinski definition) is 1. The van der Waals surface area contributed by atoms with Crippen LogP contribution < -0.4 is 4.72 Å². The van der Waals surface area contributed by atoms with Crippen molar-refractivity contribution in [3.05, 3.63) is 100 Å². The van der Waals surface area contributed by atoms with Gasteiger partial charge in [0.2, 0.25) is 0 Å². The summed E-state index contributed by atoms with van der Waals surface area (Å²) in [5.74, 6) is -0.732. The zero-order valence-corrected chi connectivity index (χ0v) is 22.4. The van der Waals surface area contributed by atoms with E-state index in [9.17, 15) is 18.0 Å². The molecule has 3 aromatic carbocycles. The summed E-state index contributed by atoms with van der Waals surface area (Å²) >= 11 is 3.26. The molecule has 0 saturated carbocycles. The van der Waals surface area contributed by atoms with Gasteiger partial charge in [0.1, 0.15) is 6.61 Å². The highest BCUT2D eigenvalue weighted by atomic mass is 79.9. The second-order valence-electron chi connectivity index (χ2n) is 8.72. The van der Waals surface area contributed by atoms with Crippen molar-refractivity contribution in [3.63, 3.8) is 0 Å². The van der Waals surface area contributed by atoms with Crippen LogP contribution in [0.1, 0.15) is 21.5 Å². The highest BCUT2D eigenvalue weighted by molar-refractivity contribution is 9.10. The van der Waals surface area contributed by atoms with Gasteiger partial charge in [-0.15, -0.1) is 0 Å². The van der Waals surface area contributed by atoms with E-state index in [1.165, 1.54) is 12.1 Å². The van der Waals surface area contributed by atoms with Crippen molar-refractivity contribution in [3.8, 4) is 0 Å². The highest BCUT2D eigenvalue weighted by Gasteiger charge is 2.24. The van der Waals surface area contributed by atoms with Gasteiger partial charge < -0.3 is 14.4 Å². The van der Waals surface area contributed by atoms with E-state index in [-0.39, 0.29) is 23.0 Å². The van der Waals surface area contributed by atoms with Crippen LogP contribution in [0.5, 0.6) is 0 Å². The lowest BCUT2D eigenvalue weighted by Gasteiger charge is -2.23. The SMILES string of the molecule is O=C(NS(=O)(=O)c1ccc(Br)cc1)c1cccc(CC2COCCN(C(=O)OCc3ccccc3)C2)c1. The number of carbonyl (C=O) groups excluding carboxylic acids is 2. The van der Waals surface area contributed by atoms with Crippen molar-refractivity contribution in [2.75, 3.05) is 26.3 Å². The van der Waals surface area contributed by atoms with E-state index in [2.05, 4.69) is 20.7 Å². The number of amides is 2. The largest absolute Gasteiger partial charge is 0.445 e. The molecule has 4 rings (SSSR count). The Morgan fingerprint density at radius 3 is 2.49 bits per heavy atom. The number of sulfonamides is 1. The molecular formula is C27H27BrN2O6S. The molecule has 1 aliphatic heterocycles. The quantitative estimate of drug-likeness (QED) is 0.440. The summed E-state index contributed by atoms with van der Waals surface area (Å²) in [7, 11) is -4.01. The summed E-state index contributed by atoms with van der Waals surface area (Å²) in [5.41, 5.74) is 1.98. The first kappa shape index (κ1) is 26.8. The van der Waals surface area contributed by atoms with Crippen LogP contribution in [0.4, 0.5) is 4.79 Å². The van der Waals surface area contributed by atoms with E-state index < -0.39 is 22.0 Å². The Hall–Kier alpha value is -3.21. The molecule has 194 valence electrons. The molecule has 1 aliphatic rings. The summed E-state index contributed by atoms with van der Waals surface area (Å²) in [6.45, 7) is 1.94. The Morgan fingerprint density at radius 1 is 1.00 bits per heavy atom. The second kappa shape index (κ2) is 12.4. The van der Waals surface area contributed by atoms with E-state index in [0.29, 0.717) is 32.7 Å². The van der Waals surface area contributed by atoms with E-state index >= 15 is 0 Å². The highest BCUT2D eigenvalue weighted by Crippen LogP contribution is 2.18. The van der Waals surface area contributed by atoms with Crippen LogP contribution in [-0.2, 0) is 32.5 Å². The molecule has 1 fully saturated rings. The van der Waals surface area contributed by atoms with Crippen LogP contribution in [0.2, 0.25) is 0 Å². The smallest absolute Gasteiger partial charge is 0.410 e. The third-order valence-electron chi connectivity index (χ3n) is 5.87. The molecule has 0 bridgehead atoms. The van der Waals surface area contributed by atoms with Gasteiger partial charge in [-0.3, -0.25) is 4.79 Å². The first-order valence-electron chi connectivity index (χ1n) is 11.8. The van der Waals surface area contributed by atoms with Crippen molar-refractivity contribution >= 4 is 38.0 Å². The van der Waals surface area contributed by atoms with E-state index in [1.807, 2.05) is 36.4 Å². The summed E-state index contributed by atoms with van der Waals surface area (Å²) in [4.78, 5) is 27.0. The van der Waals surface area contributed by atoms with Crippen molar-refractivity contribution in [2.24, 2.45) is 5.92 Å². The van der Waals surface area contributed by atoms with E-state index in [0.717, 1.165) is 15.6 Å². The second-order valence-corrected chi connectivity index (χ2v) is 11.3. The standard InChI is InChI=1S/C27H27BrN2O6S/c28-24-9-11-25(12-10-24)37(33,34)29-26(31)23-8-4-7-21(16-23)15-22-17-30(13-14-35-18-22)27(32)36-19-20-5-2-1-3-6-20/h1-12,16,22H,13-15,17-19H2,(H,29,31). The van der Waals surface area contributed by atoms with E-state index in [1.54, 1.807) is 35.2 Å². The third kappa shape index (κ3) is 7.64. The Kier molecular flexibility index (Phi) is 8.96. The molecule has 1 heterocycles. The van der Waals surface area contributed by atoms with E-state index in [4.69, 9.17) is 9.47 Å². The molecule has 0 aromatic heterocycles. The van der Waals surface area contributed by atoms with Gasteiger partial charge in [0.25, 0.3) is 15.9 Å². The molecule has 0 aliphatic carbocycles. The number of ether oxygens (including phenoxy) is 2. The Labute approximate surface area is 224 Å². The molecule has 2 amide bonds. The minimum Gasteiger partial charge on any atom is -0.445 e. The predicted octanol–water partition coefficient (Wildman–Crippen LogP) is 4.40. The average Bonchev–Trinajstić information content (AvgIpc) is 3.14. The van der Waals surface area contributed by atoms with Crippen molar-refractivity contribution in [1.29, 1.82) is 0 Å². The molecule has 1 atom stereocenters. The van der Waals surface area contributed by atoms with Crippen LogP contribution >= 0.6 is 15.9 Å². The van der Waals surface area contributed by atoms with Crippen LogP contribution in [0.3, 0.4) is 0 Å². The van der Waals surface area contributed by atoms with Crippen molar-refractivity contribution in [2.45, 2.75) is 17.9 Å². The van der Waals surface area contributed by atoms with Gasteiger partial charge in [-0.25, -0.2) is 17.9 Å². The summed E-state index contributed by atoms with van der Waals surface area (Å²) in [6, 6.07) is 22.3. The number of rotatable bonds is 7. The molecule has 0 spiro atoms. The number of nitrogens with one attached hydrogen (secondary N) is 1. The zero-order valence-electron chi connectivity index (χ0n) is 20.0. The number of nitrogens with zero attached hydrogens (tertiary/aromatic N) is 1. The number of halogens is 1. The number of hydrogen-bond acceptors (Lipinski definition) is 6. The Balaban J connectivity index is 1.37. The molecular weight excluding hydrogens is 560 g/mol. The summed E-state index contributed by atoms with van der Waals surface area (Å²) in [5, 5.41) is 0. The minimum absolute atomic E-state index is 0.00458. The molecule has 1 N–H and O–H groups in total. The lowest BCUT2D eigenvalue weighted by molar-refractivity contribution is 0.0914. The maximum atomic E-state index is 12.7. The maximum absolute atomic E-state index is 12.7. The molecule has 8 nitrogen and oxygen atoms in total. The van der Waals surface area contributed by atoms with Gasteiger partial charge in [0, 0.05) is 29.0 Å². The van der Waals surface area contributed by atoms with Gasteiger partial charge >= 0.3 is 6.09 Å². The molecule has 37 heavy (non-hydrogen) atoms. The van der Waals surface area contributed by atoms with Crippen LogP contribution in [0.15, 0.2) is 88.2 Å². The zero-order chi connectivity index (χ0) is 26.3. The van der Waals surface area contributed by atoms with Gasteiger partial charge in [-0.2, -0.15) is 0 Å². The topological polar surface area (TPSA) is 102 Å². The molecule has 0 radical (unpaired) electrons. The van der Waals surface area contributed by atoms with Gasteiger partial charge in [0.05, 0.1) is 18.1 Å².